The van der Waals surface area contributed by atoms with Crippen molar-refractivity contribution in [2.75, 3.05) is 13.1 Å². The van der Waals surface area contributed by atoms with E-state index >= 15 is 0 Å². The van der Waals surface area contributed by atoms with Gasteiger partial charge in [-0.25, -0.2) is 3.93 Å². The highest BCUT2D eigenvalue weighted by molar-refractivity contribution is 9.07. The van der Waals surface area contributed by atoms with Gasteiger partial charge in [0.15, 0.2) is 0 Å². The molecule has 0 saturated carbocycles. The monoisotopic (exact) mass is 375 g/mol. The standard InChI is InChI=1S/C20H42BrN/c1-3-5-6-7-8-9-10-11-12-13-14-15-16-17-18-19-20-22(21)4-2/h3-20H2,1-2H3. The minimum absolute atomic E-state index is 1.11. The van der Waals surface area contributed by atoms with Crippen LogP contribution < -0.4 is 0 Å². The van der Waals surface area contributed by atoms with E-state index in [-0.39, 0.29) is 0 Å². The number of hydrogen-bond acceptors (Lipinski definition) is 1. The molecular formula is C20H42BrN. The Balaban J connectivity index is 2.97. The van der Waals surface area contributed by atoms with Gasteiger partial charge in [-0.2, -0.15) is 0 Å². The second-order valence-corrected chi connectivity index (χ2v) is 7.81. The Kier molecular flexibility index (Phi) is 19.9. The number of rotatable bonds is 18. The summed E-state index contributed by atoms with van der Waals surface area (Å²) in [6.45, 7) is 6.80. The molecule has 0 spiro atoms. The molecule has 0 atom stereocenters. The van der Waals surface area contributed by atoms with Crippen molar-refractivity contribution in [2.24, 2.45) is 0 Å². The molecule has 0 aromatic heterocycles. The third-order valence-corrected chi connectivity index (χ3v) is 5.45. The Morgan fingerprint density at radius 2 is 0.818 bits per heavy atom. The molecule has 0 fully saturated rings. The predicted octanol–water partition coefficient (Wildman–Crippen LogP) is 7.88. The maximum Gasteiger partial charge on any atom is 0.0119 e. The molecule has 0 saturated heterocycles. The van der Waals surface area contributed by atoms with Crippen molar-refractivity contribution in [1.29, 1.82) is 0 Å². The van der Waals surface area contributed by atoms with Gasteiger partial charge in [0, 0.05) is 29.2 Å². The maximum atomic E-state index is 3.55. The van der Waals surface area contributed by atoms with Gasteiger partial charge in [-0.1, -0.05) is 110 Å². The van der Waals surface area contributed by atoms with Crippen molar-refractivity contribution in [3.63, 3.8) is 0 Å². The first-order valence-corrected chi connectivity index (χ1v) is 10.9. The highest BCUT2D eigenvalue weighted by atomic mass is 79.9. The van der Waals surface area contributed by atoms with E-state index in [0.717, 1.165) is 6.54 Å². The molecule has 0 heterocycles. The highest BCUT2D eigenvalue weighted by Crippen LogP contribution is 2.14. The van der Waals surface area contributed by atoms with Crippen LogP contribution in [0.2, 0.25) is 0 Å². The molecule has 1 nitrogen and oxygen atoms in total. The lowest BCUT2D eigenvalue weighted by atomic mass is 10.0. The fraction of sp³-hybridized carbons (Fsp3) is 1.00. The molecule has 2 heteroatoms. The average molecular weight is 376 g/mol. The fourth-order valence-electron chi connectivity index (χ4n) is 2.99. The molecule has 0 amide bonds. The molecule has 0 aliphatic carbocycles. The first kappa shape index (κ1) is 22.4. The number of halogens is 1. The Labute approximate surface area is 150 Å². The van der Waals surface area contributed by atoms with Crippen LogP contribution in [-0.2, 0) is 0 Å². The van der Waals surface area contributed by atoms with Crippen molar-refractivity contribution >= 4 is 16.1 Å². The minimum Gasteiger partial charge on any atom is -0.243 e. The summed E-state index contributed by atoms with van der Waals surface area (Å²) < 4.78 is 2.23. The van der Waals surface area contributed by atoms with Crippen molar-refractivity contribution < 1.29 is 0 Å². The number of hydrogen-bond donors (Lipinski definition) is 0. The van der Waals surface area contributed by atoms with E-state index in [4.69, 9.17) is 0 Å². The largest absolute Gasteiger partial charge is 0.243 e. The summed E-state index contributed by atoms with van der Waals surface area (Å²) in [5.74, 6) is 0. The zero-order valence-corrected chi connectivity index (χ0v) is 17.1. The Morgan fingerprint density at radius 3 is 1.14 bits per heavy atom. The topological polar surface area (TPSA) is 3.24 Å². The molecule has 0 radical (unpaired) electrons. The lowest BCUT2D eigenvalue weighted by molar-refractivity contribution is 0.472. The van der Waals surface area contributed by atoms with Crippen LogP contribution in [0.5, 0.6) is 0 Å². The van der Waals surface area contributed by atoms with Gasteiger partial charge in [-0.15, -0.1) is 0 Å². The molecule has 134 valence electrons. The van der Waals surface area contributed by atoms with Crippen LogP contribution in [0.15, 0.2) is 0 Å². The van der Waals surface area contributed by atoms with Crippen LogP contribution >= 0.6 is 16.1 Å². The molecule has 0 bridgehead atoms. The van der Waals surface area contributed by atoms with Gasteiger partial charge in [0.1, 0.15) is 0 Å². The van der Waals surface area contributed by atoms with E-state index in [9.17, 15) is 0 Å². The molecule has 0 aliphatic rings. The third-order valence-electron chi connectivity index (χ3n) is 4.60. The summed E-state index contributed by atoms with van der Waals surface area (Å²) >= 11 is 3.55. The summed E-state index contributed by atoms with van der Waals surface area (Å²) in [5, 5.41) is 0. The normalized spacial score (nSPS) is 11.5. The van der Waals surface area contributed by atoms with Crippen molar-refractivity contribution in [2.45, 2.75) is 117 Å². The third kappa shape index (κ3) is 18.5. The van der Waals surface area contributed by atoms with Gasteiger partial charge in [-0.3, -0.25) is 0 Å². The quantitative estimate of drug-likeness (QED) is 0.174. The van der Waals surface area contributed by atoms with Crippen LogP contribution in [0, 0.1) is 0 Å². The van der Waals surface area contributed by atoms with Gasteiger partial charge in [-0.05, 0) is 6.42 Å². The van der Waals surface area contributed by atoms with Crippen LogP contribution in [0.1, 0.15) is 117 Å². The molecule has 0 unspecified atom stereocenters. The van der Waals surface area contributed by atoms with Crippen LogP contribution in [0.4, 0.5) is 0 Å². The zero-order chi connectivity index (χ0) is 16.3. The summed E-state index contributed by atoms with van der Waals surface area (Å²) in [5.41, 5.74) is 0. The van der Waals surface area contributed by atoms with Gasteiger partial charge in [0.2, 0.25) is 0 Å². The summed E-state index contributed by atoms with van der Waals surface area (Å²) in [4.78, 5) is 0. The van der Waals surface area contributed by atoms with Crippen LogP contribution in [-0.4, -0.2) is 17.0 Å². The lowest BCUT2D eigenvalue weighted by Crippen LogP contribution is -2.11. The number of nitrogens with zero attached hydrogens (tertiary/aromatic N) is 1. The number of unbranched alkanes of at least 4 members (excludes halogenated alkanes) is 15. The van der Waals surface area contributed by atoms with E-state index in [1.165, 1.54) is 109 Å². The SMILES string of the molecule is CCCCCCCCCCCCCCCCCCN(Br)CC. The Morgan fingerprint density at radius 1 is 0.500 bits per heavy atom. The predicted molar refractivity (Wildman–Crippen MR) is 106 cm³/mol. The van der Waals surface area contributed by atoms with E-state index in [2.05, 4.69) is 33.9 Å². The van der Waals surface area contributed by atoms with Crippen molar-refractivity contribution in [3.05, 3.63) is 0 Å². The smallest absolute Gasteiger partial charge is 0.0119 e. The fourth-order valence-corrected chi connectivity index (χ4v) is 3.24. The molecule has 0 aliphatic heterocycles. The van der Waals surface area contributed by atoms with Gasteiger partial charge >= 0.3 is 0 Å². The summed E-state index contributed by atoms with van der Waals surface area (Å²) in [6, 6.07) is 0. The second-order valence-electron chi connectivity index (χ2n) is 6.81. The lowest BCUT2D eigenvalue weighted by Gasteiger charge is -2.10. The Bertz CT molecular complexity index is 196. The summed E-state index contributed by atoms with van der Waals surface area (Å²) in [6.07, 6.45) is 23.2. The molecule has 0 N–H and O–H groups in total. The maximum absolute atomic E-state index is 3.55. The zero-order valence-electron chi connectivity index (χ0n) is 15.6. The molecule has 0 rings (SSSR count). The van der Waals surface area contributed by atoms with E-state index in [0.29, 0.717) is 0 Å². The summed E-state index contributed by atoms with van der Waals surface area (Å²) in [7, 11) is 0. The molecular weight excluding hydrogens is 334 g/mol. The van der Waals surface area contributed by atoms with Crippen molar-refractivity contribution in [1.82, 2.24) is 3.93 Å². The van der Waals surface area contributed by atoms with E-state index in [1.54, 1.807) is 0 Å². The van der Waals surface area contributed by atoms with E-state index < -0.39 is 0 Å². The van der Waals surface area contributed by atoms with Gasteiger partial charge in [0.25, 0.3) is 0 Å². The first-order chi connectivity index (χ1) is 10.8. The van der Waals surface area contributed by atoms with Gasteiger partial charge in [0.05, 0.1) is 0 Å². The van der Waals surface area contributed by atoms with Crippen LogP contribution in [0.3, 0.4) is 0 Å². The second kappa shape index (κ2) is 19.5. The van der Waals surface area contributed by atoms with Crippen molar-refractivity contribution in [3.8, 4) is 0 Å². The molecule has 0 aromatic carbocycles. The van der Waals surface area contributed by atoms with Crippen LogP contribution in [0.25, 0.3) is 0 Å². The molecule has 0 aromatic rings. The average Bonchev–Trinajstić information content (AvgIpc) is 2.54. The highest BCUT2D eigenvalue weighted by Gasteiger charge is 1.97. The Hall–Kier alpha value is 0.440. The van der Waals surface area contributed by atoms with Gasteiger partial charge < -0.3 is 0 Å². The van der Waals surface area contributed by atoms with E-state index in [1.807, 2.05) is 0 Å². The first-order valence-electron chi connectivity index (χ1n) is 10.2. The molecule has 22 heavy (non-hydrogen) atoms. The minimum atomic E-state index is 1.11.